The van der Waals surface area contributed by atoms with Gasteiger partial charge in [-0.05, 0) is 58.2 Å². The number of sulfone groups is 1. The Bertz CT molecular complexity index is 545. The van der Waals surface area contributed by atoms with Crippen molar-refractivity contribution in [1.29, 1.82) is 0 Å². The lowest BCUT2D eigenvalue weighted by molar-refractivity contribution is 0.553. The maximum absolute atomic E-state index is 12.2. The quantitative estimate of drug-likeness (QED) is 0.928. The molecule has 2 N–H and O–H groups in total. The van der Waals surface area contributed by atoms with Crippen LogP contribution in [-0.2, 0) is 9.84 Å². The molecule has 0 fully saturated rings. The molecule has 0 heterocycles. The van der Waals surface area contributed by atoms with Gasteiger partial charge in [0.2, 0.25) is 0 Å². The summed E-state index contributed by atoms with van der Waals surface area (Å²) in [5.74, 6) is -0.0127. The van der Waals surface area contributed by atoms with E-state index in [0.29, 0.717) is 0 Å². The number of nitrogens with two attached hydrogens (primary N) is 1. The van der Waals surface area contributed by atoms with E-state index in [1.165, 1.54) is 5.56 Å². The molecule has 19 heavy (non-hydrogen) atoms. The highest BCUT2D eigenvalue weighted by Gasteiger charge is 2.31. The molecule has 1 aromatic carbocycles. The van der Waals surface area contributed by atoms with Crippen LogP contribution in [0.2, 0.25) is 0 Å². The van der Waals surface area contributed by atoms with Crippen LogP contribution in [-0.4, -0.2) is 18.9 Å². The van der Waals surface area contributed by atoms with Crippen LogP contribution in [0, 0.1) is 20.8 Å². The van der Waals surface area contributed by atoms with Crippen molar-refractivity contribution in [1.82, 2.24) is 0 Å². The van der Waals surface area contributed by atoms with Crippen LogP contribution in [0.15, 0.2) is 12.1 Å². The third-order valence-electron chi connectivity index (χ3n) is 3.44. The summed E-state index contributed by atoms with van der Waals surface area (Å²) in [6, 6.07) is 3.63. The molecule has 0 aromatic heterocycles. The third kappa shape index (κ3) is 3.57. The summed E-state index contributed by atoms with van der Waals surface area (Å²) in [7, 11) is -3.21. The fourth-order valence-electron chi connectivity index (χ4n) is 2.35. The van der Waals surface area contributed by atoms with Crippen molar-refractivity contribution in [2.45, 2.75) is 52.3 Å². The molecular formula is C15H25NO2S. The number of hydrogen-bond donors (Lipinski definition) is 1. The van der Waals surface area contributed by atoms with Crippen LogP contribution in [0.3, 0.4) is 0 Å². The van der Waals surface area contributed by atoms with E-state index in [4.69, 9.17) is 5.73 Å². The molecule has 1 atom stereocenters. The topological polar surface area (TPSA) is 60.2 Å². The second-order valence-corrected chi connectivity index (χ2v) is 9.10. The Balaban J connectivity index is 3.14. The highest BCUT2D eigenvalue weighted by molar-refractivity contribution is 7.92. The zero-order valence-corrected chi connectivity index (χ0v) is 13.6. The first-order valence-electron chi connectivity index (χ1n) is 6.51. The monoisotopic (exact) mass is 283 g/mol. The Labute approximate surface area is 117 Å². The van der Waals surface area contributed by atoms with Gasteiger partial charge in [-0.1, -0.05) is 17.7 Å². The molecule has 4 heteroatoms. The minimum atomic E-state index is -3.21. The highest BCUT2D eigenvalue weighted by atomic mass is 32.2. The number of aryl methyl sites for hydroxylation is 3. The summed E-state index contributed by atoms with van der Waals surface area (Å²) in [5, 5.41) is 0. The first-order valence-corrected chi connectivity index (χ1v) is 8.16. The molecule has 3 nitrogen and oxygen atoms in total. The Kier molecular flexibility index (Phi) is 4.47. The maximum Gasteiger partial charge on any atom is 0.157 e. The van der Waals surface area contributed by atoms with Gasteiger partial charge >= 0.3 is 0 Å². The van der Waals surface area contributed by atoms with Crippen LogP contribution in [0.25, 0.3) is 0 Å². The van der Waals surface area contributed by atoms with Crippen molar-refractivity contribution in [2.75, 3.05) is 5.75 Å². The van der Waals surface area contributed by atoms with Gasteiger partial charge in [-0.2, -0.15) is 0 Å². The zero-order valence-electron chi connectivity index (χ0n) is 12.7. The summed E-state index contributed by atoms with van der Waals surface area (Å²) < 4.78 is 23.7. The summed E-state index contributed by atoms with van der Waals surface area (Å²) in [4.78, 5) is 0. The molecule has 0 aliphatic rings. The van der Waals surface area contributed by atoms with Crippen molar-refractivity contribution in [2.24, 2.45) is 5.73 Å². The van der Waals surface area contributed by atoms with E-state index in [-0.39, 0.29) is 5.75 Å². The largest absolute Gasteiger partial charge is 0.323 e. The Morgan fingerprint density at radius 3 is 1.89 bits per heavy atom. The van der Waals surface area contributed by atoms with E-state index in [1.807, 2.05) is 32.9 Å². The Hall–Kier alpha value is -0.870. The normalized spacial score (nSPS) is 14.5. The van der Waals surface area contributed by atoms with Crippen molar-refractivity contribution < 1.29 is 8.42 Å². The number of benzene rings is 1. The van der Waals surface area contributed by atoms with Gasteiger partial charge < -0.3 is 5.73 Å². The minimum absolute atomic E-state index is 0.0127. The molecule has 0 radical (unpaired) electrons. The fourth-order valence-corrected chi connectivity index (χ4v) is 3.49. The van der Waals surface area contributed by atoms with E-state index >= 15 is 0 Å². The molecule has 0 aliphatic carbocycles. The van der Waals surface area contributed by atoms with Crippen LogP contribution in [0.5, 0.6) is 0 Å². The van der Waals surface area contributed by atoms with E-state index in [0.717, 1.165) is 16.7 Å². The van der Waals surface area contributed by atoms with E-state index in [2.05, 4.69) is 0 Å². The van der Waals surface area contributed by atoms with Gasteiger partial charge in [0.1, 0.15) is 0 Å². The van der Waals surface area contributed by atoms with Gasteiger partial charge in [-0.25, -0.2) is 8.42 Å². The first-order chi connectivity index (χ1) is 8.45. The molecule has 0 spiro atoms. The molecule has 0 saturated heterocycles. The first kappa shape index (κ1) is 16.2. The van der Waals surface area contributed by atoms with E-state index in [9.17, 15) is 8.42 Å². The SMILES string of the molecule is Cc1cc(C)c(C(N)CS(=O)(=O)C(C)(C)C)c(C)c1. The summed E-state index contributed by atoms with van der Waals surface area (Å²) in [5.41, 5.74) is 10.4. The highest BCUT2D eigenvalue weighted by Crippen LogP contribution is 2.26. The average Bonchev–Trinajstić information content (AvgIpc) is 2.12. The second kappa shape index (κ2) is 5.25. The van der Waals surface area contributed by atoms with Gasteiger partial charge in [-0.15, -0.1) is 0 Å². The summed E-state index contributed by atoms with van der Waals surface area (Å²) in [6.45, 7) is 11.1. The second-order valence-electron chi connectivity index (χ2n) is 6.31. The van der Waals surface area contributed by atoms with E-state index < -0.39 is 20.6 Å². The zero-order chi connectivity index (χ0) is 15.0. The van der Waals surface area contributed by atoms with Crippen LogP contribution in [0.1, 0.15) is 49.1 Å². The van der Waals surface area contributed by atoms with Crippen LogP contribution < -0.4 is 5.73 Å². The molecule has 1 aromatic rings. The molecule has 0 saturated carbocycles. The number of hydrogen-bond acceptors (Lipinski definition) is 3. The Morgan fingerprint density at radius 2 is 1.53 bits per heavy atom. The lowest BCUT2D eigenvalue weighted by Gasteiger charge is -2.24. The average molecular weight is 283 g/mol. The molecular weight excluding hydrogens is 258 g/mol. The lowest BCUT2D eigenvalue weighted by Crippen LogP contribution is -2.35. The third-order valence-corrected chi connectivity index (χ3v) is 6.10. The van der Waals surface area contributed by atoms with Gasteiger partial charge in [0, 0.05) is 6.04 Å². The lowest BCUT2D eigenvalue weighted by atomic mass is 9.95. The molecule has 1 unspecified atom stereocenters. The minimum Gasteiger partial charge on any atom is -0.323 e. The van der Waals surface area contributed by atoms with Crippen LogP contribution >= 0.6 is 0 Å². The van der Waals surface area contributed by atoms with Gasteiger partial charge in [-0.3, -0.25) is 0 Å². The standard InChI is InChI=1S/C15H25NO2S/c1-10-7-11(2)14(12(3)8-10)13(16)9-19(17,18)15(4,5)6/h7-8,13H,9,16H2,1-6H3. The van der Waals surface area contributed by atoms with Crippen LogP contribution in [0.4, 0.5) is 0 Å². The van der Waals surface area contributed by atoms with Crippen molar-refractivity contribution in [3.63, 3.8) is 0 Å². The van der Waals surface area contributed by atoms with Gasteiger partial charge in [0.05, 0.1) is 10.5 Å². The maximum atomic E-state index is 12.2. The molecule has 0 amide bonds. The smallest absolute Gasteiger partial charge is 0.157 e. The van der Waals surface area contributed by atoms with Crippen molar-refractivity contribution in [3.05, 3.63) is 34.4 Å². The molecule has 0 aliphatic heterocycles. The predicted octanol–water partition coefficient (Wildman–Crippen LogP) is 2.82. The van der Waals surface area contributed by atoms with E-state index in [1.54, 1.807) is 20.8 Å². The predicted molar refractivity (Wildman–Crippen MR) is 81.1 cm³/mol. The summed E-state index contributed by atoms with van der Waals surface area (Å²) in [6.07, 6.45) is 0. The molecule has 1 rings (SSSR count). The summed E-state index contributed by atoms with van der Waals surface area (Å²) >= 11 is 0. The molecule has 0 bridgehead atoms. The fraction of sp³-hybridized carbons (Fsp3) is 0.600. The van der Waals surface area contributed by atoms with Gasteiger partial charge in [0.15, 0.2) is 9.84 Å². The van der Waals surface area contributed by atoms with Gasteiger partial charge in [0.25, 0.3) is 0 Å². The van der Waals surface area contributed by atoms with Crippen molar-refractivity contribution in [3.8, 4) is 0 Å². The van der Waals surface area contributed by atoms with Crippen molar-refractivity contribution >= 4 is 9.84 Å². The number of rotatable bonds is 3. The molecule has 108 valence electrons. The Morgan fingerprint density at radius 1 is 1.11 bits per heavy atom.